The van der Waals surface area contributed by atoms with Crippen LogP contribution in [0.2, 0.25) is 0 Å². The van der Waals surface area contributed by atoms with Crippen molar-refractivity contribution in [2.45, 2.75) is 0 Å². The number of hydrogen-bond acceptors (Lipinski definition) is 4. The minimum Gasteiger partial charge on any atom is -0.451 e. The summed E-state index contributed by atoms with van der Waals surface area (Å²) in [5, 5.41) is 0.856. The summed E-state index contributed by atoms with van der Waals surface area (Å²) in [4.78, 5) is 25.8. The van der Waals surface area contributed by atoms with Crippen molar-refractivity contribution < 1.29 is 14.0 Å². The molecule has 20 heavy (non-hydrogen) atoms. The topological polar surface area (TPSA) is 79.8 Å². The number of benzene rings is 1. The Morgan fingerprint density at radius 1 is 1.20 bits per heavy atom. The molecule has 6 nitrogen and oxygen atoms in total. The molecule has 0 unspecified atom stereocenters. The van der Waals surface area contributed by atoms with Gasteiger partial charge in [0.25, 0.3) is 5.91 Å². The van der Waals surface area contributed by atoms with Crippen molar-refractivity contribution in [1.29, 1.82) is 0 Å². The first-order chi connectivity index (χ1) is 9.67. The summed E-state index contributed by atoms with van der Waals surface area (Å²) in [6.45, 7) is 3.04. The van der Waals surface area contributed by atoms with E-state index in [1.165, 1.54) is 0 Å². The quantitative estimate of drug-likeness (QED) is 0.839. The smallest absolute Gasteiger partial charge is 0.284 e. The van der Waals surface area contributed by atoms with Gasteiger partial charge in [-0.15, -0.1) is 0 Å². The average Bonchev–Trinajstić information content (AvgIpc) is 2.90. The molecule has 104 valence electrons. The Bertz CT molecular complexity index is 657. The number of nitrogens with two attached hydrogens (primary N) is 1. The van der Waals surface area contributed by atoms with Crippen molar-refractivity contribution in [3.05, 3.63) is 30.0 Å². The second-order valence-electron chi connectivity index (χ2n) is 4.83. The van der Waals surface area contributed by atoms with Gasteiger partial charge in [0.05, 0.1) is 0 Å². The zero-order chi connectivity index (χ0) is 14.1. The lowest BCUT2D eigenvalue weighted by Gasteiger charge is -2.34. The maximum atomic E-state index is 11.1. The normalized spacial score (nSPS) is 15.6. The second kappa shape index (κ2) is 4.88. The predicted octanol–water partition coefficient (Wildman–Crippen LogP) is 0.810. The molecule has 6 heteroatoms. The molecule has 1 aromatic carbocycles. The molecule has 0 spiro atoms. The zero-order valence-electron chi connectivity index (χ0n) is 10.9. The molecule has 3 rings (SSSR count). The molecule has 2 amide bonds. The first kappa shape index (κ1) is 12.5. The number of nitrogens with zero attached hydrogens (tertiary/aromatic N) is 2. The van der Waals surface area contributed by atoms with Crippen molar-refractivity contribution >= 4 is 29.0 Å². The number of anilines is 1. The molecule has 1 fully saturated rings. The van der Waals surface area contributed by atoms with Crippen LogP contribution in [0.25, 0.3) is 11.0 Å². The fourth-order valence-electron chi connectivity index (χ4n) is 2.43. The van der Waals surface area contributed by atoms with E-state index in [2.05, 4.69) is 4.90 Å². The van der Waals surface area contributed by atoms with Gasteiger partial charge in [-0.3, -0.25) is 9.59 Å². The van der Waals surface area contributed by atoms with E-state index < -0.39 is 5.91 Å². The Hall–Kier alpha value is -2.50. The van der Waals surface area contributed by atoms with Crippen LogP contribution in [0.1, 0.15) is 10.6 Å². The van der Waals surface area contributed by atoms with Crippen LogP contribution in [0.5, 0.6) is 0 Å². The molecular weight excluding hydrogens is 258 g/mol. The molecule has 0 bridgehead atoms. The van der Waals surface area contributed by atoms with Crippen LogP contribution in [0.15, 0.2) is 28.7 Å². The maximum Gasteiger partial charge on any atom is 0.284 e. The van der Waals surface area contributed by atoms with Crippen LogP contribution in [-0.4, -0.2) is 43.4 Å². The molecule has 2 heterocycles. The van der Waals surface area contributed by atoms with Crippen molar-refractivity contribution in [3.63, 3.8) is 0 Å². The highest BCUT2D eigenvalue weighted by atomic mass is 16.3. The number of primary amides is 1. The molecular formula is C14H15N3O3. The van der Waals surface area contributed by atoms with E-state index in [0.29, 0.717) is 5.58 Å². The summed E-state index contributed by atoms with van der Waals surface area (Å²) < 4.78 is 5.36. The molecule has 2 aromatic rings. The monoisotopic (exact) mass is 273 g/mol. The summed E-state index contributed by atoms with van der Waals surface area (Å²) >= 11 is 0. The van der Waals surface area contributed by atoms with E-state index in [1.807, 2.05) is 18.2 Å². The number of hydrogen-bond donors (Lipinski definition) is 1. The largest absolute Gasteiger partial charge is 0.451 e. The van der Waals surface area contributed by atoms with Gasteiger partial charge < -0.3 is 20.0 Å². The number of carbonyl (C=O) groups excluding carboxylic acids is 2. The van der Waals surface area contributed by atoms with E-state index in [-0.39, 0.29) is 5.76 Å². The first-order valence-corrected chi connectivity index (χ1v) is 6.45. The van der Waals surface area contributed by atoms with Crippen LogP contribution < -0.4 is 10.6 Å². The Labute approximate surface area is 115 Å². The fraction of sp³-hybridized carbons (Fsp3) is 0.286. The number of amides is 2. The van der Waals surface area contributed by atoms with E-state index in [4.69, 9.17) is 10.2 Å². The van der Waals surface area contributed by atoms with Crippen LogP contribution >= 0.6 is 0 Å². The number of furan rings is 1. The van der Waals surface area contributed by atoms with Crippen LogP contribution in [0, 0.1) is 0 Å². The van der Waals surface area contributed by atoms with Crippen molar-refractivity contribution in [1.82, 2.24) is 4.90 Å². The molecule has 1 saturated heterocycles. The van der Waals surface area contributed by atoms with Gasteiger partial charge in [-0.05, 0) is 24.3 Å². The van der Waals surface area contributed by atoms with Gasteiger partial charge in [-0.1, -0.05) is 0 Å². The first-order valence-electron chi connectivity index (χ1n) is 6.45. The lowest BCUT2D eigenvalue weighted by Crippen LogP contribution is -2.45. The Balaban J connectivity index is 1.85. The van der Waals surface area contributed by atoms with E-state index in [0.717, 1.165) is 43.7 Å². The number of piperazine rings is 1. The lowest BCUT2D eigenvalue weighted by molar-refractivity contribution is -0.118. The number of fused-ring (bicyclic) bond motifs is 1. The summed E-state index contributed by atoms with van der Waals surface area (Å²) in [5.41, 5.74) is 6.91. The molecule has 2 N–H and O–H groups in total. The Morgan fingerprint density at radius 3 is 2.60 bits per heavy atom. The highest BCUT2D eigenvalue weighted by Gasteiger charge is 2.17. The number of rotatable bonds is 3. The Kier molecular flexibility index (Phi) is 3.06. The summed E-state index contributed by atoms with van der Waals surface area (Å²) in [6, 6.07) is 7.42. The van der Waals surface area contributed by atoms with Crippen molar-refractivity contribution in [3.8, 4) is 0 Å². The van der Waals surface area contributed by atoms with E-state index in [9.17, 15) is 9.59 Å². The van der Waals surface area contributed by atoms with Gasteiger partial charge in [0.1, 0.15) is 5.58 Å². The predicted molar refractivity (Wildman–Crippen MR) is 74.6 cm³/mol. The molecule has 0 saturated carbocycles. The van der Waals surface area contributed by atoms with Gasteiger partial charge in [0, 0.05) is 37.3 Å². The molecule has 1 aromatic heterocycles. The van der Waals surface area contributed by atoms with Crippen LogP contribution in [0.4, 0.5) is 5.69 Å². The summed E-state index contributed by atoms with van der Waals surface area (Å²) in [7, 11) is 0. The standard InChI is InChI=1S/C14H15N3O3/c15-14(19)13-8-10-7-11(1-2-12(10)20-13)17-5-3-16(9-18)4-6-17/h1-2,7-9H,3-6H2,(H2,15,19). The molecule has 1 aliphatic heterocycles. The summed E-state index contributed by atoms with van der Waals surface area (Å²) in [5.74, 6) is -0.398. The third kappa shape index (κ3) is 2.20. The molecule has 0 atom stereocenters. The van der Waals surface area contributed by atoms with Crippen LogP contribution in [-0.2, 0) is 4.79 Å². The van der Waals surface area contributed by atoms with Crippen molar-refractivity contribution in [2.75, 3.05) is 31.1 Å². The van der Waals surface area contributed by atoms with Crippen molar-refractivity contribution in [2.24, 2.45) is 5.73 Å². The van der Waals surface area contributed by atoms with Crippen LogP contribution in [0.3, 0.4) is 0 Å². The Morgan fingerprint density at radius 2 is 1.95 bits per heavy atom. The molecule has 0 radical (unpaired) electrons. The molecule has 0 aliphatic carbocycles. The van der Waals surface area contributed by atoms with Gasteiger partial charge in [0.2, 0.25) is 6.41 Å². The van der Waals surface area contributed by atoms with E-state index in [1.54, 1.807) is 11.0 Å². The minimum atomic E-state index is -0.567. The summed E-state index contributed by atoms with van der Waals surface area (Å²) in [6.07, 6.45) is 0.885. The van der Waals surface area contributed by atoms with Gasteiger partial charge in [-0.25, -0.2) is 0 Å². The fourth-order valence-corrected chi connectivity index (χ4v) is 2.43. The van der Waals surface area contributed by atoms with Gasteiger partial charge in [-0.2, -0.15) is 0 Å². The zero-order valence-corrected chi connectivity index (χ0v) is 10.9. The third-order valence-electron chi connectivity index (χ3n) is 3.57. The molecule has 1 aliphatic rings. The van der Waals surface area contributed by atoms with E-state index >= 15 is 0 Å². The SMILES string of the molecule is NC(=O)c1cc2cc(N3CCN(C=O)CC3)ccc2o1. The maximum absolute atomic E-state index is 11.1. The minimum absolute atomic E-state index is 0.169. The van der Waals surface area contributed by atoms with Gasteiger partial charge in [0.15, 0.2) is 5.76 Å². The highest BCUT2D eigenvalue weighted by Crippen LogP contribution is 2.25. The highest BCUT2D eigenvalue weighted by molar-refractivity contribution is 5.95. The van der Waals surface area contributed by atoms with Gasteiger partial charge >= 0.3 is 0 Å². The average molecular weight is 273 g/mol. The third-order valence-corrected chi connectivity index (χ3v) is 3.57. The lowest BCUT2D eigenvalue weighted by atomic mass is 10.2. The number of carbonyl (C=O) groups is 2. The second-order valence-corrected chi connectivity index (χ2v) is 4.83.